The van der Waals surface area contributed by atoms with E-state index >= 15 is 0 Å². The molecule has 0 unspecified atom stereocenters. The van der Waals surface area contributed by atoms with E-state index in [4.69, 9.17) is 0 Å². The van der Waals surface area contributed by atoms with Gasteiger partial charge in [0.1, 0.15) is 0 Å². The highest BCUT2D eigenvalue weighted by Crippen LogP contribution is 2.15. The van der Waals surface area contributed by atoms with Crippen molar-refractivity contribution in [2.75, 3.05) is 18.0 Å². The average Bonchev–Trinajstić information content (AvgIpc) is 2.55. The molecule has 2 rings (SSSR count). The SMILES string of the molecule is CCN(CC)c1ccc(/C=C/C=C/c2ccccc2)cc1. The van der Waals surface area contributed by atoms with Crippen LogP contribution in [0.5, 0.6) is 0 Å². The number of allylic oxidation sites excluding steroid dienone is 2. The molecule has 1 heteroatoms. The van der Waals surface area contributed by atoms with E-state index in [2.05, 4.69) is 91.6 Å². The molecule has 2 aromatic rings. The van der Waals surface area contributed by atoms with Gasteiger partial charge in [-0.2, -0.15) is 0 Å². The minimum atomic E-state index is 1.05. The van der Waals surface area contributed by atoms with Crippen molar-refractivity contribution in [2.24, 2.45) is 0 Å². The summed E-state index contributed by atoms with van der Waals surface area (Å²) in [7, 11) is 0. The highest BCUT2D eigenvalue weighted by atomic mass is 15.1. The Morgan fingerprint density at radius 3 is 1.76 bits per heavy atom. The molecule has 0 heterocycles. The van der Waals surface area contributed by atoms with Gasteiger partial charge >= 0.3 is 0 Å². The van der Waals surface area contributed by atoms with E-state index < -0.39 is 0 Å². The monoisotopic (exact) mass is 277 g/mol. The van der Waals surface area contributed by atoms with Crippen LogP contribution < -0.4 is 4.90 Å². The second-order valence-corrected chi connectivity index (χ2v) is 4.89. The number of anilines is 1. The highest BCUT2D eigenvalue weighted by molar-refractivity contribution is 5.59. The first kappa shape index (κ1) is 15.1. The molecule has 0 saturated heterocycles. The van der Waals surface area contributed by atoms with Crippen molar-refractivity contribution in [1.82, 2.24) is 0 Å². The van der Waals surface area contributed by atoms with Crippen LogP contribution in [0.25, 0.3) is 12.2 Å². The zero-order valence-electron chi connectivity index (χ0n) is 12.9. The van der Waals surface area contributed by atoms with Gasteiger partial charge in [-0.3, -0.25) is 0 Å². The summed E-state index contributed by atoms with van der Waals surface area (Å²) in [5, 5.41) is 0. The fourth-order valence-corrected chi connectivity index (χ4v) is 2.28. The average molecular weight is 277 g/mol. The molecule has 1 nitrogen and oxygen atoms in total. The van der Waals surface area contributed by atoms with E-state index in [1.165, 1.54) is 16.8 Å². The molecule has 0 aliphatic heterocycles. The number of benzene rings is 2. The smallest absolute Gasteiger partial charge is 0.0366 e. The Hall–Kier alpha value is -2.28. The minimum absolute atomic E-state index is 1.05. The summed E-state index contributed by atoms with van der Waals surface area (Å²) in [6.07, 6.45) is 8.40. The number of nitrogens with zero attached hydrogens (tertiary/aromatic N) is 1. The van der Waals surface area contributed by atoms with Crippen LogP contribution in [0.4, 0.5) is 5.69 Å². The third kappa shape index (κ3) is 4.64. The summed E-state index contributed by atoms with van der Waals surface area (Å²) in [4.78, 5) is 2.35. The molecule has 0 aliphatic rings. The summed E-state index contributed by atoms with van der Waals surface area (Å²) in [5.41, 5.74) is 3.74. The van der Waals surface area contributed by atoms with Crippen LogP contribution in [-0.2, 0) is 0 Å². The molecule has 0 N–H and O–H groups in total. The maximum atomic E-state index is 2.35. The lowest BCUT2D eigenvalue weighted by Gasteiger charge is -2.20. The van der Waals surface area contributed by atoms with E-state index in [1.54, 1.807) is 0 Å². The molecule has 2 aromatic carbocycles. The molecule has 0 spiro atoms. The topological polar surface area (TPSA) is 3.24 Å². The van der Waals surface area contributed by atoms with Crippen molar-refractivity contribution < 1.29 is 0 Å². The molecule has 0 radical (unpaired) electrons. The van der Waals surface area contributed by atoms with Gasteiger partial charge in [0.2, 0.25) is 0 Å². The van der Waals surface area contributed by atoms with Crippen LogP contribution in [0.1, 0.15) is 25.0 Å². The Labute approximate surface area is 128 Å². The highest BCUT2D eigenvalue weighted by Gasteiger charge is 1.99. The van der Waals surface area contributed by atoms with E-state index in [9.17, 15) is 0 Å². The third-order valence-electron chi connectivity index (χ3n) is 3.51. The van der Waals surface area contributed by atoms with Crippen molar-refractivity contribution >= 4 is 17.8 Å². The van der Waals surface area contributed by atoms with Crippen molar-refractivity contribution in [2.45, 2.75) is 13.8 Å². The van der Waals surface area contributed by atoms with E-state index in [0.717, 1.165) is 13.1 Å². The van der Waals surface area contributed by atoms with Crippen LogP contribution in [0.2, 0.25) is 0 Å². The maximum Gasteiger partial charge on any atom is 0.0366 e. The predicted octanol–water partition coefficient (Wildman–Crippen LogP) is 5.26. The lowest BCUT2D eigenvalue weighted by atomic mass is 10.1. The Morgan fingerprint density at radius 1 is 0.714 bits per heavy atom. The largest absolute Gasteiger partial charge is 0.372 e. The third-order valence-corrected chi connectivity index (χ3v) is 3.51. The normalized spacial score (nSPS) is 11.3. The van der Waals surface area contributed by atoms with Crippen LogP contribution >= 0.6 is 0 Å². The van der Waals surface area contributed by atoms with Gasteiger partial charge in [-0.05, 0) is 37.1 Å². The Morgan fingerprint density at radius 2 is 1.24 bits per heavy atom. The standard InChI is InChI=1S/C20H23N/c1-3-21(4-2)20-16-14-19(15-17-20)13-9-8-12-18-10-6-5-7-11-18/h5-17H,3-4H2,1-2H3/b12-8+,13-9+. The molecular formula is C20H23N. The lowest BCUT2D eigenvalue weighted by Crippen LogP contribution is -2.21. The molecule has 0 amide bonds. The molecule has 0 aliphatic carbocycles. The lowest BCUT2D eigenvalue weighted by molar-refractivity contribution is 0.866. The van der Waals surface area contributed by atoms with Crippen LogP contribution in [0, 0.1) is 0 Å². The van der Waals surface area contributed by atoms with Gasteiger partial charge in [0.15, 0.2) is 0 Å². The van der Waals surface area contributed by atoms with Crippen molar-refractivity contribution in [3.05, 3.63) is 77.9 Å². The Balaban J connectivity index is 1.97. The van der Waals surface area contributed by atoms with Gasteiger partial charge in [-0.1, -0.05) is 66.8 Å². The zero-order chi connectivity index (χ0) is 14.9. The van der Waals surface area contributed by atoms with Crippen LogP contribution in [0.3, 0.4) is 0 Å². The molecule has 0 fully saturated rings. The zero-order valence-corrected chi connectivity index (χ0v) is 12.9. The first-order valence-electron chi connectivity index (χ1n) is 7.58. The minimum Gasteiger partial charge on any atom is -0.372 e. The fourth-order valence-electron chi connectivity index (χ4n) is 2.28. The molecule has 0 bridgehead atoms. The summed E-state index contributed by atoms with van der Waals surface area (Å²) in [5.74, 6) is 0. The van der Waals surface area contributed by atoms with E-state index in [0.29, 0.717) is 0 Å². The number of rotatable bonds is 6. The van der Waals surface area contributed by atoms with Gasteiger partial charge in [-0.25, -0.2) is 0 Å². The summed E-state index contributed by atoms with van der Waals surface area (Å²) < 4.78 is 0. The molecule has 21 heavy (non-hydrogen) atoms. The van der Waals surface area contributed by atoms with Crippen molar-refractivity contribution in [3.8, 4) is 0 Å². The van der Waals surface area contributed by atoms with Crippen molar-refractivity contribution in [3.63, 3.8) is 0 Å². The van der Waals surface area contributed by atoms with E-state index in [1.807, 2.05) is 6.07 Å². The summed E-state index contributed by atoms with van der Waals surface area (Å²) in [6, 6.07) is 19.0. The predicted molar refractivity (Wildman–Crippen MR) is 94.5 cm³/mol. The molecule has 0 saturated carbocycles. The Bertz CT molecular complexity index is 575. The molecule has 0 aromatic heterocycles. The van der Waals surface area contributed by atoms with Gasteiger partial charge in [0, 0.05) is 18.8 Å². The number of hydrogen-bond donors (Lipinski definition) is 0. The van der Waals surface area contributed by atoms with E-state index in [-0.39, 0.29) is 0 Å². The van der Waals surface area contributed by atoms with Gasteiger partial charge < -0.3 is 4.90 Å². The first-order valence-corrected chi connectivity index (χ1v) is 7.58. The quantitative estimate of drug-likeness (QED) is 0.651. The molecular weight excluding hydrogens is 254 g/mol. The van der Waals surface area contributed by atoms with Gasteiger partial charge in [-0.15, -0.1) is 0 Å². The van der Waals surface area contributed by atoms with Gasteiger partial charge in [0.25, 0.3) is 0 Å². The van der Waals surface area contributed by atoms with Crippen molar-refractivity contribution in [1.29, 1.82) is 0 Å². The summed E-state index contributed by atoms with van der Waals surface area (Å²) in [6.45, 7) is 6.47. The number of hydrogen-bond acceptors (Lipinski definition) is 1. The molecule has 0 atom stereocenters. The Kier molecular flexibility index (Phi) is 5.83. The van der Waals surface area contributed by atoms with Crippen LogP contribution in [-0.4, -0.2) is 13.1 Å². The van der Waals surface area contributed by atoms with Crippen LogP contribution in [0.15, 0.2) is 66.7 Å². The maximum absolute atomic E-state index is 2.35. The first-order chi connectivity index (χ1) is 10.3. The summed E-state index contributed by atoms with van der Waals surface area (Å²) >= 11 is 0. The second kappa shape index (κ2) is 8.11. The van der Waals surface area contributed by atoms with Gasteiger partial charge in [0.05, 0.1) is 0 Å². The second-order valence-electron chi connectivity index (χ2n) is 4.89. The molecule has 108 valence electrons. The fraction of sp³-hybridized carbons (Fsp3) is 0.200.